The van der Waals surface area contributed by atoms with E-state index in [4.69, 9.17) is 23.7 Å². The molecular weight excluding hydrogens is 594 g/mol. The van der Waals surface area contributed by atoms with E-state index in [9.17, 15) is 4.79 Å². The Morgan fingerprint density at radius 1 is 0.660 bits per heavy atom. The number of ether oxygens (including phenoxy) is 5. The van der Waals surface area contributed by atoms with Crippen LogP contribution >= 0.6 is 0 Å². The van der Waals surface area contributed by atoms with Gasteiger partial charge in [-0.05, 0) is 40.3 Å². The maximum absolute atomic E-state index is 11.9. The number of pyridine rings is 1. The van der Waals surface area contributed by atoms with Gasteiger partial charge in [-0.15, -0.1) is 0 Å². The second-order valence-electron chi connectivity index (χ2n) is 10.9. The molecule has 0 aliphatic carbocycles. The van der Waals surface area contributed by atoms with Crippen LogP contribution in [0.5, 0.6) is 5.88 Å². The fourth-order valence-electron chi connectivity index (χ4n) is 4.71. The van der Waals surface area contributed by atoms with Gasteiger partial charge in [0, 0.05) is 38.3 Å². The molecule has 47 heavy (non-hydrogen) atoms. The zero-order valence-electron chi connectivity index (χ0n) is 27.3. The molecule has 0 radical (unpaired) electrons. The van der Waals surface area contributed by atoms with Crippen molar-refractivity contribution in [1.29, 1.82) is 0 Å². The average molecular weight is 642 g/mol. The summed E-state index contributed by atoms with van der Waals surface area (Å²) in [6.07, 6.45) is 2.17. The van der Waals surface area contributed by atoms with Gasteiger partial charge in [0.15, 0.2) is 0 Å². The number of benzene rings is 3. The molecule has 2 N–H and O–H groups in total. The summed E-state index contributed by atoms with van der Waals surface area (Å²) in [5.41, 5.74) is 6.95. The summed E-state index contributed by atoms with van der Waals surface area (Å²) >= 11 is 0. The number of hydrogen-bond acceptors (Lipinski definition) is 8. The Morgan fingerprint density at radius 2 is 1.32 bits per heavy atom. The highest BCUT2D eigenvalue weighted by Crippen LogP contribution is 2.26. The summed E-state index contributed by atoms with van der Waals surface area (Å²) in [7, 11) is 0. The average Bonchev–Trinajstić information content (AvgIpc) is 3.11. The van der Waals surface area contributed by atoms with Crippen molar-refractivity contribution < 1.29 is 28.5 Å². The quantitative estimate of drug-likeness (QED) is 0.103. The standard InChI is InChI=1S/C38H47N3O6/c1-31-35(13-8-14-36(31)34-11-6-3-7-12-34)30-47-38-16-15-33(29-41-38)27-39-18-20-44-22-24-46-26-25-45-23-21-43-19-17-37(42)40-28-32-9-4-2-5-10-32/h2-16,29,39H,17-28,30H2,1H3,(H,40,42). The van der Waals surface area contributed by atoms with Crippen LogP contribution in [0.15, 0.2) is 97.2 Å². The van der Waals surface area contributed by atoms with E-state index in [1.807, 2.05) is 54.7 Å². The Hall–Kier alpha value is -4.12. The lowest BCUT2D eigenvalue weighted by Crippen LogP contribution is -2.24. The third-order valence-corrected chi connectivity index (χ3v) is 7.38. The highest BCUT2D eigenvalue weighted by Gasteiger charge is 2.07. The van der Waals surface area contributed by atoms with E-state index in [1.54, 1.807) is 0 Å². The van der Waals surface area contributed by atoms with Crippen LogP contribution in [0.1, 0.15) is 28.7 Å². The summed E-state index contributed by atoms with van der Waals surface area (Å²) in [5, 5.41) is 6.25. The third-order valence-electron chi connectivity index (χ3n) is 7.38. The Kier molecular flexibility index (Phi) is 16.4. The largest absolute Gasteiger partial charge is 0.473 e. The number of nitrogens with one attached hydrogen (secondary N) is 2. The second-order valence-corrected chi connectivity index (χ2v) is 10.9. The first kappa shape index (κ1) is 35.7. The summed E-state index contributed by atoms with van der Waals surface area (Å²) in [5.74, 6) is 0.582. The van der Waals surface area contributed by atoms with Crippen molar-refractivity contribution in [3.05, 3.63) is 119 Å². The lowest BCUT2D eigenvalue weighted by Gasteiger charge is -2.13. The number of nitrogens with zero attached hydrogens (tertiary/aromatic N) is 1. The van der Waals surface area contributed by atoms with Gasteiger partial charge in [-0.3, -0.25) is 4.79 Å². The number of carbonyl (C=O) groups excluding carboxylic acids is 1. The zero-order valence-corrected chi connectivity index (χ0v) is 27.3. The zero-order chi connectivity index (χ0) is 32.8. The van der Waals surface area contributed by atoms with Crippen LogP contribution in [0.25, 0.3) is 11.1 Å². The molecule has 4 aromatic rings. The molecule has 9 heteroatoms. The minimum absolute atomic E-state index is 0.0255. The van der Waals surface area contributed by atoms with Crippen molar-refractivity contribution in [3.63, 3.8) is 0 Å². The number of rotatable bonds is 23. The van der Waals surface area contributed by atoms with Crippen molar-refractivity contribution >= 4 is 5.91 Å². The molecule has 1 amide bonds. The summed E-state index contributed by atoms with van der Waals surface area (Å²) in [6, 6.07) is 30.5. The molecule has 9 nitrogen and oxygen atoms in total. The Balaban J connectivity index is 0.929. The van der Waals surface area contributed by atoms with Crippen LogP contribution in [0.4, 0.5) is 0 Å². The van der Waals surface area contributed by atoms with Gasteiger partial charge < -0.3 is 34.3 Å². The molecule has 0 unspecified atom stereocenters. The van der Waals surface area contributed by atoms with Gasteiger partial charge in [0.05, 0.1) is 52.9 Å². The maximum atomic E-state index is 11.9. The monoisotopic (exact) mass is 641 g/mol. The highest BCUT2D eigenvalue weighted by molar-refractivity contribution is 5.75. The minimum atomic E-state index is -0.0255. The van der Waals surface area contributed by atoms with E-state index < -0.39 is 0 Å². The van der Waals surface area contributed by atoms with Gasteiger partial charge in [-0.1, -0.05) is 84.9 Å². The molecule has 1 heterocycles. The first-order valence-electron chi connectivity index (χ1n) is 16.2. The predicted molar refractivity (Wildman–Crippen MR) is 183 cm³/mol. The number of hydrogen-bond donors (Lipinski definition) is 2. The summed E-state index contributed by atoms with van der Waals surface area (Å²) in [6.45, 7) is 8.47. The van der Waals surface area contributed by atoms with Crippen LogP contribution in [0, 0.1) is 6.92 Å². The highest BCUT2D eigenvalue weighted by atomic mass is 16.6. The second kappa shape index (κ2) is 21.6. The van der Waals surface area contributed by atoms with E-state index in [1.165, 1.54) is 16.7 Å². The molecule has 1 aromatic heterocycles. The Labute approximate surface area is 278 Å². The van der Waals surface area contributed by atoms with E-state index in [0.29, 0.717) is 84.9 Å². The molecule has 0 atom stereocenters. The van der Waals surface area contributed by atoms with Crippen LogP contribution in [-0.4, -0.2) is 70.3 Å². The number of aromatic nitrogens is 1. The molecule has 0 fully saturated rings. The van der Waals surface area contributed by atoms with E-state index in [-0.39, 0.29) is 5.91 Å². The van der Waals surface area contributed by atoms with Gasteiger partial charge >= 0.3 is 0 Å². The van der Waals surface area contributed by atoms with E-state index >= 15 is 0 Å². The van der Waals surface area contributed by atoms with Crippen molar-refractivity contribution in [2.24, 2.45) is 0 Å². The summed E-state index contributed by atoms with van der Waals surface area (Å²) in [4.78, 5) is 16.3. The van der Waals surface area contributed by atoms with Gasteiger partial charge in [0.25, 0.3) is 0 Å². The van der Waals surface area contributed by atoms with Gasteiger partial charge in [0.2, 0.25) is 11.8 Å². The molecule has 250 valence electrons. The van der Waals surface area contributed by atoms with Gasteiger partial charge in [-0.2, -0.15) is 0 Å². The molecule has 0 aliphatic heterocycles. The third kappa shape index (κ3) is 14.0. The summed E-state index contributed by atoms with van der Waals surface area (Å²) < 4.78 is 28.1. The predicted octanol–water partition coefficient (Wildman–Crippen LogP) is 5.50. The molecule has 0 saturated carbocycles. The van der Waals surface area contributed by atoms with Crippen LogP contribution < -0.4 is 15.4 Å². The van der Waals surface area contributed by atoms with Crippen LogP contribution in [-0.2, 0) is 43.4 Å². The normalized spacial score (nSPS) is 11.0. The first-order chi connectivity index (χ1) is 23.2. The fraction of sp³-hybridized carbons (Fsp3) is 0.368. The molecule has 4 rings (SSSR count). The molecule has 3 aromatic carbocycles. The maximum Gasteiger partial charge on any atom is 0.222 e. The molecule has 0 aliphatic rings. The minimum Gasteiger partial charge on any atom is -0.473 e. The SMILES string of the molecule is Cc1c(COc2ccc(CNCCOCCOCCOCCOCCC(=O)NCc3ccccc3)cn2)cccc1-c1ccccc1. The van der Waals surface area contributed by atoms with Crippen LogP contribution in [0.3, 0.4) is 0 Å². The van der Waals surface area contributed by atoms with Gasteiger partial charge in [0.1, 0.15) is 6.61 Å². The Bertz CT molecular complexity index is 1420. The van der Waals surface area contributed by atoms with E-state index in [0.717, 1.165) is 23.2 Å². The topological polar surface area (TPSA) is 100 Å². The van der Waals surface area contributed by atoms with Crippen molar-refractivity contribution in [1.82, 2.24) is 15.6 Å². The Morgan fingerprint density at radius 3 is 2.00 bits per heavy atom. The van der Waals surface area contributed by atoms with Crippen molar-refractivity contribution in [2.75, 3.05) is 59.4 Å². The molecule has 0 saturated heterocycles. The van der Waals surface area contributed by atoms with Crippen molar-refractivity contribution in [3.8, 4) is 17.0 Å². The fourth-order valence-corrected chi connectivity index (χ4v) is 4.71. The van der Waals surface area contributed by atoms with E-state index in [2.05, 4.69) is 65.0 Å². The lowest BCUT2D eigenvalue weighted by molar-refractivity contribution is -0.122. The molecule has 0 bridgehead atoms. The van der Waals surface area contributed by atoms with Gasteiger partial charge in [-0.25, -0.2) is 4.98 Å². The lowest BCUT2D eigenvalue weighted by atomic mass is 9.97. The first-order valence-corrected chi connectivity index (χ1v) is 16.2. The van der Waals surface area contributed by atoms with Crippen LogP contribution in [0.2, 0.25) is 0 Å². The van der Waals surface area contributed by atoms with Crippen molar-refractivity contribution in [2.45, 2.75) is 33.0 Å². The number of carbonyl (C=O) groups is 1. The molecular formula is C38H47N3O6. The number of amides is 1. The molecule has 0 spiro atoms. The smallest absolute Gasteiger partial charge is 0.222 e.